The van der Waals surface area contributed by atoms with Gasteiger partial charge in [0, 0.05) is 0 Å². The zero-order chi connectivity index (χ0) is 12.5. The van der Waals surface area contributed by atoms with Crippen LogP contribution >= 0.6 is 0 Å². The first-order chi connectivity index (χ1) is 7.92. The summed E-state index contributed by atoms with van der Waals surface area (Å²) in [6.45, 7) is 7.01. The molecule has 0 aromatic heterocycles. The Bertz CT molecular complexity index is 287. The molecule has 1 N–H and O–H groups in total. The Labute approximate surface area is 106 Å². The van der Waals surface area contributed by atoms with Crippen LogP contribution in [0.2, 0.25) is 0 Å². The van der Waals surface area contributed by atoms with Crippen molar-refractivity contribution in [3.63, 3.8) is 0 Å². The maximum Gasteiger partial charge on any atom is 0.0857 e. The molecule has 2 aliphatic carbocycles. The molecule has 0 heterocycles. The lowest BCUT2D eigenvalue weighted by atomic mass is 9.66. The Balaban J connectivity index is 1.99. The van der Waals surface area contributed by atoms with E-state index in [-0.39, 0.29) is 0 Å². The molecule has 0 unspecified atom stereocenters. The van der Waals surface area contributed by atoms with Crippen LogP contribution in [0.15, 0.2) is 11.6 Å². The summed E-state index contributed by atoms with van der Waals surface area (Å²) in [5.41, 5.74) is 1.32. The Morgan fingerprint density at radius 2 is 1.82 bits per heavy atom. The minimum Gasteiger partial charge on any atom is -0.386 e. The lowest BCUT2D eigenvalue weighted by Gasteiger charge is -2.43. The number of aliphatic hydroxyl groups is 1. The molecule has 0 aromatic carbocycles. The van der Waals surface area contributed by atoms with E-state index < -0.39 is 5.60 Å². The molecule has 0 radical (unpaired) electrons. The van der Waals surface area contributed by atoms with Gasteiger partial charge in [-0.1, -0.05) is 26.8 Å². The van der Waals surface area contributed by atoms with Crippen molar-refractivity contribution in [2.75, 3.05) is 0 Å². The van der Waals surface area contributed by atoms with Gasteiger partial charge in [-0.2, -0.15) is 0 Å². The van der Waals surface area contributed by atoms with Crippen molar-refractivity contribution >= 4 is 0 Å². The maximum atomic E-state index is 10.8. The van der Waals surface area contributed by atoms with Gasteiger partial charge >= 0.3 is 0 Å². The molecule has 0 spiro atoms. The minimum absolute atomic E-state index is 0.405. The Hall–Kier alpha value is -0.300. The molecule has 0 saturated heterocycles. The molecule has 0 aromatic rings. The molecule has 0 bridgehead atoms. The van der Waals surface area contributed by atoms with Crippen molar-refractivity contribution in [2.24, 2.45) is 11.3 Å². The third-order valence-electron chi connectivity index (χ3n) is 4.93. The smallest absolute Gasteiger partial charge is 0.0857 e. The van der Waals surface area contributed by atoms with Gasteiger partial charge in [-0.05, 0) is 68.3 Å². The second-order valence-electron chi connectivity index (χ2n) is 7.15. The Morgan fingerprint density at radius 1 is 1.18 bits per heavy atom. The van der Waals surface area contributed by atoms with E-state index >= 15 is 0 Å². The summed E-state index contributed by atoms with van der Waals surface area (Å²) in [7, 11) is 0. The fourth-order valence-corrected chi connectivity index (χ4v) is 3.54. The van der Waals surface area contributed by atoms with Crippen molar-refractivity contribution in [1.29, 1.82) is 0 Å². The Kier molecular flexibility index (Phi) is 3.68. The zero-order valence-electron chi connectivity index (χ0n) is 11.8. The molecule has 2 rings (SSSR count). The fourth-order valence-electron chi connectivity index (χ4n) is 3.54. The largest absolute Gasteiger partial charge is 0.386 e. The molecular formula is C16H28O. The van der Waals surface area contributed by atoms with Crippen molar-refractivity contribution in [3.05, 3.63) is 11.6 Å². The topological polar surface area (TPSA) is 20.2 Å². The second-order valence-corrected chi connectivity index (χ2v) is 7.15. The highest BCUT2D eigenvalue weighted by Crippen LogP contribution is 2.45. The van der Waals surface area contributed by atoms with E-state index in [9.17, 15) is 5.11 Å². The van der Waals surface area contributed by atoms with Gasteiger partial charge in [0.05, 0.1) is 5.60 Å². The summed E-state index contributed by atoms with van der Waals surface area (Å²) < 4.78 is 0. The van der Waals surface area contributed by atoms with Crippen molar-refractivity contribution < 1.29 is 5.11 Å². The van der Waals surface area contributed by atoms with Crippen LogP contribution in [0.5, 0.6) is 0 Å². The summed E-state index contributed by atoms with van der Waals surface area (Å²) in [5, 5.41) is 10.8. The average molecular weight is 236 g/mol. The van der Waals surface area contributed by atoms with Crippen LogP contribution in [0.1, 0.15) is 72.1 Å². The van der Waals surface area contributed by atoms with Crippen molar-refractivity contribution in [1.82, 2.24) is 0 Å². The fraction of sp³-hybridized carbons (Fsp3) is 0.875. The first-order valence-electron chi connectivity index (χ1n) is 7.34. The van der Waals surface area contributed by atoms with Gasteiger partial charge in [0.25, 0.3) is 0 Å². The maximum absolute atomic E-state index is 10.8. The van der Waals surface area contributed by atoms with Crippen LogP contribution in [0.3, 0.4) is 0 Å². The van der Waals surface area contributed by atoms with Gasteiger partial charge in [-0.25, -0.2) is 0 Å². The highest BCUT2D eigenvalue weighted by atomic mass is 16.3. The molecule has 0 amide bonds. The normalized spacial score (nSPS) is 35.5. The summed E-state index contributed by atoms with van der Waals surface area (Å²) in [6, 6.07) is 0. The van der Waals surface area contributed by atoms with E-state index in [0.29, 0.717) is 5.41 Å². The number of hydrogen-bond donors (Lipinski definition) is 1. The Morgan fingerprint density at radius 3 is 2.29 bits per heavy atom. The summed E-state index contributed by atoms with van der Waals surface area (Å²) in [6.07, 6.45) is 11.6. The third kappa shape index (κ3) is 2.93. The molecule has 1 heteroatoms. The third-order valence-corrected chi connectivity index (χ3v) is 4.93. The standard InChI is InChI=1S/C16H28O/c1-15(2,3)13-9-11-16(17,12-10-13)14-7-5-4-6-8-14/h7,13,17H,4-6,8-12H2,1-3H3. The minimum atomic E-state index is -0.442. The van der Waals surface area contributed by atoms with Crippen LogP contribution < -0.4 is 0 Å². The van der Waals surface area contributed by atoms with Gasteiger partial charge in [-0.3, -0.25) is 0 Å². The van der Waals surface area contributed by atoms with Gasteiger partial charge in [0.2, 0.25) is 0 Å². The van der Waals surface area contributed by atoms with E-state index in [2.05, 4.69) is 26.8 Å². The molecule has 98 valence electrons. The summed E-state index contributed by atoms with van der Waals surface area (Å²) in [5.74, 6) is 0.784. The molecule has 0 aliphatic heterocycles. The number of rotatable bonds is 1. The lowest BCUT2D eigenvalue weighted by Crippen LogP contribution is -2.39. The number of hydrogen-bond acceptors (Lipinski definition) is 1. The van der Waals surface area contributed by atoms with Gasteiger partial charge in [0.15, 0.2) is 0 Å². The predicted molar refractivity (Wildman–Crippen MR) is 72.9 cm³/mol. The second kappa shape index (κ2) is 4.76. The van der Waals surface area contributed by atoms with Gasteiger partial charge < -0.3 is 5.11 Å². The van der Waals surface area contributed by atoms with Crippen LogP contribution in [-0.2, 0) is 0 Å². The molecular weight excluding hydrogens is 208 g/mol. The van der Waals surface area contributed by atoms with E-state index in [4.69, 9.17) is 0 Å². The van der Waals surface area contributed by atoms with Gasteiger partial charge in [-0.15, -0.1) is 0 Å². The average Bonchev–Trinajstić information content (AvgIpc) is 2.29. The van der Waals surface area contributed by atoms with E-state index in [0.717, 1.165) is 25.2 Å². The van der Waals surface area contributed by atoms with E-state index in [1.165, 1.54) is 37.7 Å². The van der Waals surface area contributed by atoms with Gasteiger partial charge in [0.1, 0.15) is 0 Å². The lowest BCUT2D eigenvalue weighted by molar-refractivity contribution is 0.000917. The van der Waals surface area contributed by atoms with Crippen molar-refractivity contribution in [2.45, 2.75) is 77.7 Å². The first-order valence-corrected chi connectivity index (χ1v) is 7.34. The van der Waals surface area contributed by atoms with E-state index in [1.807, 2.05) is 0 Å². The quantitative estimate of drug-likeness (QED) is 0.667. The predicted octanol–water partition coefficient (Wildman–Crippen LogP) is 4.45. The molecule has 1 saturated carbocycles. The molecule has 1 fully saturated rings. The SMILES string of the molecule is CC(C)(C)C1CCC(O)(C2=CCCCC2)CC1. The number of allylic oxidation sites excluding steroid dienone is 1. The summed E-state index contributed by atoms with van der Waals surface area (Å²) in [4.78, 5) is 0. The molecule has 0 atom stereocenters. The molecule has 2 aliphatic rings. The highest BCUT2D eigenvalue weighted by molar-refractivity contribution is 5.19. The highest BCUT2D eigenvalue weighted by Gasteiger charge is 2.39. The summed E-state index contributed by atoms with van der Waals surface area (Å²) >= 11 is 0. The first kappa shape index (κ1) is 13.1. The molecule has 1 nitrogen and oxygen atoms in total. The molecule has 17 heavy (non-hydrogen) atoms. The van der Waals surface area contributed by atoms with Crippen LogP contribution in [0.25, 0.3) is 0 Å². The van der Waals surface area contributed by atoms with E-state index in [1.54, 1.807) is 0 Å². The van der Waals surface area contributed by atoms with Crippen molar-refractivity contribution in [3.8, 4) is 0 Å². The monoisotopic (exact) mass is 236 g/mol. The van der Waals surface area contributed by atoms with Crippen LogP contribution in [0, 0.1) is 11.3 Å². The van der Waals surface area contributed by atoms with Crippen LogP contribution in [0.4, 0.5) is 0 Å². The van der Waals surface area contributed by atoms with Crippen LogP contribution in [-0.4, -0.2) is 10.7 Å². The zero-order valence-corrected chi connectivity index (χ0v) is 11.8.